The van der Waals surface area contributed by atoms with Crippen LogP contribution in [0.15, 0.2) is 12.4 Å². The van der Waals surface area contributed by atoms with Crippen molar-refractivity contribution in [1.82, 2.24) is 25.3 Å². The summed E-state index contributed by atoms with van der Waals surface area (Å²) in [4.78, 5) is 5.59. The van der Waals surface area contributed by atoms with Gasteiger partial charge in [-0.3, -0.25) is 4.68 Å². The van der Waals surface area contributed by atoms with Gasteiger partial charge >= 0.3 is 0 Å². The van der Waals surface area contributed by atoms with Crippen LogP contribution in [0.4, 0.5) is 0 Å². The van der Waals surface area contributed by atoms with Crippen molar-refractivity contribution in [2.75, 3.05) is 0 Å². The molecule has 2 rings (SSSR count). The summed E-state index contributed by atoms with van der Waals surface area (Å²) in [6.07, 6.45) is 3.81. The van der Waals surface area contributed by atoms with E-state index in [2.05, 4.69) is 34.5 Å². The molecule has 86 valence electrons. The SMILES string of the molecule is Cc1cnc(C(C)NCc2cn(C)nn2)s1. The van der Waals surface area contributed by atoms with Gasteiger partial charge in [0.05, 0.1) is 11.7 Å². The molecule has 2 aromatic heterocycles. The average molecular weight is 237 g/mol. The van der Waals surface area contributed by atoms with Crippen molar-refractivity contribution < 1.29 is 0 Å². The topological polar surface area (TPSA) is 55.6 Å². The third-order valence-corrected chi connectivity index (χ3v) is 3.34. The van der Waals surface area contributed by atoms with Gasteiger partial charge in [-0.1, -0.05) is 5.21 Å². The quantitative estimate of drug-likeness (QED) is 0.874. The van der Waals surface area contributed by atoms with Crippen molar-refractivity contribution in [2.45, 2.75) is 26.4 Å². The first-order valence-corrected chi connectivity index (χ1v) is 5.97. The molecule has 5 nitrogen and oxygen atoms in total. The molecule has 0 aliphatic heterocycles. The Bertz CT molecular complexity index is 461. The third-order valence-electron chi connectivity index (χ3n) is 2.25. The van der Waals surface area contributed by atoms with Gasteiger partial charge in [-0.25, -0.2) is 4.98 Å². The second kappa shape index (κ2) is 4.71. The van der Waals surface area contributed by atoms with Gasteiger partial charge in [0, 0.05) is 30.9 Å². The van der Waals surface area contributed by atoms with Gasteiger partial charge in [0.1, 0.15) is 5.01 Å². The lowest BCUT2D eigenvalue weighted by atomic mass is 10.3. The van der Waals surface area contributed by atoms with Gasteiger partial charge in [0.2, 0.25) is 0 Å². The third kappa shape index (κ3) is 2.65. The second-order valence-electron chi connectivity index (χ2n) is 3.80. The minimum atomic E-state index is 0.251. The lowest BCUT2D eigenvalue weighted by Gasteiger charge is -2.08. The fourth-order valence-corrected chi connectivity index (χ4v) is 2.19. The van der Waals surface area contributed by atoms with Gasteiger partial charge in [0.25, 0.3) is 0 Å². The van der Waals surface area contributed by atoms with Gasteiger partial charge in [-0.15, -0.1) is 16.4 Å². The largest absolute Gasteiger partial charge is 0.302 e. The first-order valence-electron chi connectivity index (χ1n) is 5.16. The molecule has 16 heavy (non-hydrogen) atoms. The average Bonchev–Trinajstić information content (AvgIpc) is 2.84. The number of aromatic nitrogens is 4. The summed E-state index contributed by atoms with van der Waals surface area (Å²) in [7, 11) is 1.87. The van der Waals surface area contributed by atoms with Crippen molar-refractivity contribution in [1.29, 1.82) is 0 Å². The Morgan fingerprint density at radius 2 is 2.38 bits per heavy atom. The summed E-state index contributed by atoms with van der Waals surface area (Å²) < 4.78 is 1.70. The van der Waals surface area contributed by atoms with Gasteiger partial charge < -0.3 is 5.32 Å². The zero-order valence-electron chi connectivity index (χ0n) is 9.64. The van der Waals surface area contributed by atoms with E-state index in [1.807, 2.05) is 19.4 Å². The van der Waals surface area contributed by atoms with Crippen LogP contribution in [0, 0.1) is 6.92 Å². The Hall–Kier alpha value is -1.27. The highest BCUT2D eigenvalue weighted by Crippen LogP contribution is 2.18. The Kier molecular flexibility index (Phi) is 3.31. The van der Waals surface area contributed by atoms with E-state index in [1.165, 1.54) is 4.88 Å². The number of nitrogens with zero attached hydrogens (tertiary/aromatic N) is 4. The highest BCUT2D eigenvalue weighted by molar-refractivity contribution is 7.11. The van der Waals surface area contributed by atoms with Crippen LogP contribution in [-0.4, -0.2) is 20.0 Å². The predicted octanol–water partition coefficient (Wildman–Crippen LogP) is 1.43. The molecule has 1 atom stereocenters. The van der Waals surface area contributed by atoms with Crippen LogP contribution in [-0.2, 0) is 13.6 Å². The van der Waals surface area contributed by atoms with E-state index >= 15 is 0 Å². The van der Waals surface area contributed by atoms with Crippen LogP contribution >= 0.6 is 11.3 Å². The van der Waals surface area contributed by atoms with Crippen LogP contribution in [0.2, 0.25) is 0 Å². The molecule has 0 aliphatic carbocycles. The molecular formula is C10H15N5S. The van der Waals surface area contributed by atoms with Crippen molar-refractivity contribution in [2.24, 2.45) is 7.05 Å². The minimum Gasteiger partial charge on any atom is -0.302 e. The van der Waals surface area contributed by atoms with Crippen molar-refractivity contribution in [3.8, 4) is 0 Å². The zero-order valence-corrected chi connectivity index (χ0v) is 10.5. The molecule has 0 spiro atoms. The first-order chi connectivity index (χ1) is 7.65. The zero-order chi connectivity index (χ0) is 11.5. The van der Waals surface area contributed by atoms with Crippen molar-refractivity contribution in [3.63, 3.8) is 0 Å². The summed E-state index contributed by atoms with van der Waals surface area (Å²) >= 11 is 1.72. The highest BCUT2D eigenvalue weighted by Gasteiger charge is 2.09. The van der Waals surface area contributed by atoms with E-state index in [1.54, 1.807) is 16.0 Å². The summed E-state index contributed by atoms with van der Waals surface area (Å²) in [5, 5.41) is 12.4. The van der Waals surface area contributed by atoms with Crippen LogP contribution in [0.5, 0.6) is 0 Å². The summed E-state index contributed by atoms with van der Waals surface area (Å²) in [5.41, 5.74) is 0.947. The Morgan fingerprint density at radius 1 is 1.56 bits per heavy atom. The van der Waals surface area contributed by atoms with E-state index in [0.29, 0.717) is 6.54 Å². The molecule has 0 bridgehead atoms. The second-order valence-corrected chi connectivity index (χ2v) is 5.06. The minimum absolute atomic E-state index is 0.251. The Morgan fingerprint density at radius 3 is 2.94 bits per heavy atom. The van der Waals surface area contributed by atoms with E-state index in [0.717, 1.165) is 10.7 Å². The summed E-state index contributed by atoms with van der Waals surface area (Å²) in [5.74, 6) is 0. The Labute approximate surface area is 98.5 Å². The number of rotatable bonds is 4. The number of hydrogen-bond donors (Lipinski definition) is 1. The number of thiazole rings is 1. The number of nitrogens with one attached hydrogen (secondary N) is 1. The fourth-order valence-electron chi connectivity index (χ4n) is 1.39. The van der Waals surface area contributed by atoms with Crippen LogP contribution < -0.4 is 5.32 Å². The monoisotopic (exact) mass is 237 g/mol. The summed E-state index contributed by atoms with van der Waals surface area (Å²) in [6, 6.07) is 0.251. The van der Waals surface area contributed by atoms with Crippen molar-refractivity contribution in [3.05, 3.63) is 28.0 Å². The molecule has 1 unspecified atom stereocenters. The van der Waals surface area contributed by atoms with Crippen molar-refractivity contribution >= 4 is 11.3 Å². The first kappa shape index (κ1) is 11.2. The van der Waals surface area contributed by atoms with E-state index in [9.17, 15) is 0 Å². The fraction of sp³-hybridized carbons (Fsp3) is 0.500. The molecule has 0 saturated heterocycles. The maximum absolute atomic E-state index is 4.35. The molecule has 0 aromatic carbocycles. The molecule has 2 heterocycles. The predicted molar refractivity (Wildman–Crippen MR) is 63.1 cm³/mol. The standard InChI is InChI=1S/C10H15N5S/c1-7-4-12-10(16-7)8(2)11-5-9-6-15(3)14-13-9/h4,6,8,11H,5H2,1-3H3. The van der Waals surface area contributed by atoms with Gasteiger partial charge in [-0.2, -0.15) is 0 Å². The van der Waals surface area contributed by atoms with E-state index in [-0.39, 0.29) is 6.04 Å². The molecule has 0 fully saturated rings. The normalized spacial score (nSPS) is 12.9. The maximum atomic E-state index is 4.35. The molecular weight excluding hydrogens is 222 g/mol. The number of hydrogen-bond acceptors (Lipinski definition) is 5. The van der Waals surface area contributed by atoms with E-state index < -0.39 is 0 Å². The molecule has 0 aliphatic rings. The molecule has 0 amide bonds. The van der Waals surface area contributed by atoms with Crippen LogP contribution in [0.25, 0.3) is 0 Å². The molecule has 2 aromatic rings. The smallest absolute Gasteiger partial charge is 0.109 e. The lowest BCUT2D eigenvalue weighted by Crippen LogP contribution is -2.18. The molecule has 6 heteroatoms. The molecule has 1 N–H and O–H groups in total. The van der Waals surface area contributed by atoms with E-state index in [4.69, 9.17) is 0 Å². The Balaban J connectivity index is 1.91. The molecule has 0 radical (unpaired) electrons. The van der Waals surface area contributed by atoms with Crippen LogP contribution in [0.1, 0.15) is 28.5 Å². The van der Waals surface area contributed by atoms with Crippen LogP contribution in [0.3, 0.4) is 0 Å². The van der Waals surface area contributed by atoms with Gasteiger partial charge in [-0.05, 0) is 13.8 Å². The van der Waals surface area contributed by atoms with Gasteiger partial charge in [0.15, 0.2) is 0 Å². The summed E-state index contributed by atoms with van der Waals surface area (Å²) in [6.45, 7) is 4.89. The maximum Gasteiger partial charge on any atom is 0.109 e. The lowest BCUT2D eigenvalue weighted by molar-refractivity contribution is 0.564. The highest BCUT2D eigenvalue weighted by atomic mass is 32.1. The molecule has 0 saturated carbocycles. The number of aryl methyl sites for hydroxylation is 2.